The van der Waals surface area contributed by atoms with Gasteiger partial charge in [0.1, 0.15) is 12.4 Å². The second-order valence-corrected chi connectivity index (χ2v) is 11.6. The number of ether oxygens (including phenoxy) is 2. The molecule has 1 amide bonds. The number of carbonyl (C=O) groups is 1. The number of hydrogen-bond donors (Lipinski definition) is 1. The van der Waals surface area contributed by atoms with Crippen molar-refractivity contribution in [2.75, 3.05) is 48.0 Å². The molecule has 0 radical (unpaired) electrons. The number of nitrogens with zero attached hydrogens (tertiary/aromatic N) is 2. The van der Waals surface area contributed by atoms with Crippen LogP contribution >= 0.6 is 0 Å². The van der Waals surface area contributed by atoms with Crippen LogP contribution in [0.5, 0.6) is 5.75 Å². The lowest BCUT2D eigenvalue weighted by molar-refractivity contribution is -0.126. The molecule has 1 atom stereocenters. The fourth-order valence-corrected chi connectivity index (χ4v) is 6.05. The van der Waals surface area contributed by atoms with Gasteiger partial charge in [0, 0.05) is 25.7 Å². The summed E-state index contributed by atoms with van der Waals surface area (Å²) in [5.74, 6) is 0.981. The monoisotopic (exact) mass is 517 g/mol. The molecular formula is C27H39N3O5S. The third-order valence-electron chi connectivity index (χ3n) is 6.83. The summed E-state index contributed by atoms with van der Waals surface area (Å²) in [7, 11) is 3.65. The molecule has 2 aromatic rings. The van der Waals surface area contributed by atoms with Crippen LogP contribution in [0.15, 0.2) is 59.5 Å². The average molecular weight is 518 g/mol. The Morgan fingerprint density at radius 3 is 2.22 bits per heavy atom. The van der Waals surface area contributed by atoms with Crippen LogP contribution in [-0.4, -0.2) is 77.6 Å². The van der Waals surface area contributed by atoms with Crippen LogP contribution in [0.3, 0.4) is 0 Å². The van der Waals surface area contributed by atoms with Gasteiger partial charge in [-0.05, 0) is 75.5 Å². The molecule has 1 aliphatic rings. The van der Waals surface area contributed by atoms with E-state index in [0.717, 1.165) is 25.7 Å². The molecule has 3 rings (SSSR count). The summed E-state index contributed by atoms with van der Waals surface area (Å²) in [4.78, 5) is 14.9. The number of likely N-dealkylation sites (N-methyl/N-ethyl adjacent to an activating group) is 1. The van der Waals surface area contributed by atoms with Gasteiger partial charge >= 0.3 is 0 Å². The minimum absolute atomic E-state index is 0.0826. The van der Waals surface area contributed by atoms with Crippen molar-refractivity contribution in [3.63, 3.8) is 0 Å². The summed E-state index contributed by atoms with van der Waals surface area (Å²) in [6.07, 6.45) is 3.99. The normalized spacial score (nSPS) is 19.3. The summed E-state index contributed by atoms with van der Waals surface area (Å²) in [5.41, 5.74) is 1.34. The van der Waals surface area contributed by atoms with Gasteiger partial charge in [-0.15, -0.1) is 0 Å². The first-order chi connectivity index (χ1) is 17.2. The number of rotatable bonds is 12. The summed E-state index contributed by atoms with van der Waals surface area (Å²) < 4.78 is 37.1. The van der Waals surface area contributed by atoms with Crippen molar-refractivity contribution in [3.05, 3.63) is 60.2 Å². The van der Waals surface area contributed by atoms with Gasteiger partial charge in [0.05, 0.1) is 18.6 Å². The van der Waals surface area contributed by atoms with E-state index in [0.29, 0.717) is 17.7 Å². The molecule has 0 bridgehead atoms. The Balaban J connectivity index is 1.38. The molecule has 2 aromatic carbocycles. The molecule has 0 spiro atoms. The van der Waals surface area contributed by atoms with Crippen molar-refractivity contribution >= 4 is 15.9 Å². The molecule has 1 aliphatic carbocycles. The molecule has 1 N–H and O–H groups in total. The largest absolute Gasteiger partial charge is 0.497 e. The van der Waals surface area contributed by atoms with Gasteiger partial charge in [0.15, 0.2) is 0 Å². The number of carbonyl (C=O) groups excluding carboxylic acids is 1. The zero-order chi connectivity index (χ0) is 26.1. The van der Waals surface area contributed by atoms with Crippen LogP contribution < -0.4 is 10.1 Å². The predicted octanol–water partition coefficient (Wildman–Crippen LogP) is 3.31. The van der Waals surface area contributed by atoms with Crippen LogP contribution in [0.4, 0.5) is 0 Å². The molecule has 1 saturated carbocycles. The molecule has 9 heteroatoms. The van der Waals surface area contributed by atoms with Gasteiger partial charge in [-0.1, -0.05) is 30.3 Å². The minimum Gasteiger partial charge on any atom is -0.497 e. The van der Waals surface area contributed by atoms with E-state index in [1.165, 1.54) is 36.2 Å². The van der Waals surface area contributed by atoms with Crippen molar-refractivity contribution in [2.45, 2.75) is 42.7 Å². The number of methoxy groups -OCH3 is 1. The SMILES string of the molecule is COc1ccc(S(=O)(=O)N(C)CCOCC(=O)NC2CCC(C(c3ccccc3)N(C)C)CC2)cc1. The van der Waals surface area contributed by atoms with E-state index in [1.54, 1.807) is 12.1 Å². The first-order valence-corrected chi connectivity index (χ1v) is 13.8. The maximum Gasteiger partial charge on any atom is 0.246 e. The molecular weight excluding hydrogens is 478 g/mol. The van der Waals surface area contributed by atoms with E-state index in [1.807, 2.05) is 6.07 Å². The Morgan fingerprint density at radius 2 is 1.64 bits per heavy atom. The van der Waals surface area contributed by atoms with E-state index in [2.05, 4.69) is 48.6 Å². The Hall–Kier alpha value is -2.46. The van der Waals surface area contributed by atoms with Crippen LogP contribution in [-0.2, 0) is 19.6 Å². The van der Waals surface area contributed by atoms with Gasteiger partial charge in [-0.3, -0.25) is 4.79 Å². The average Bonchev–Trinajstić information content (AvgIpc) is 2.88. The van der Waals surface area contributed by atoms with Crippen molar-refractivity contribution in [1.82, 2.24) is 14.5 Å². The van der Waals surface area contributed by atoms with Gasteiger partial charge in [-0.25, -0.2) is 8.42 Å². The Morgan fingerprint density at radius 1 is 1.00 bits per heavy atom. The van der Waals surface area contributed by atoms with Gasteiger partial charge in [0.25, 0.3) is 0 Å². The highest BCUT2D eigenvalue weighted by atomic mass is 32.2. The van der Waals surface area contributed by atoms with E-state index < -0.39 is 10.0 Å². The topological polar surface area (TPSA) is 88.2 Å². The van der Waals surface area contributed by atoms with Crippen LogP contribution in [0.1, 0.15) is 37.3 Å². The van der Waals surface area contributed by atoms with Crippen molar-refractivity contribution in [2.24, 2.45) is 5.92 Å². The van der Waals surface area contributed by atoms with Crippen molar-refractivity contribution in [3.8, 4) is 5.75 Å². The molecule has 0 aromatic heterocycles. The summed E-state index contributed by atoms with van der Waals surface area (Å²) >= 11 is 0. The number of nitrogens with one attached hydrogen (secondary N) is 1. The Kier molecular flexibility index (Phi) is 10.3. The molecule has 198 valence electrons. The van der Waals surface area contributed by atoms with Crippen LogP contribution in [0, 0.1) is 5.92 Å². The lowest BCUT2D eigenvalue weighted by Crippen LogP contribution is -2.41. The standard InChI is InChI=1S/C27H39N3O5S/c1-29(2)27(21-8-6-5-7-9-21)22-10-12-23(13-11-22)28-26(31)20-35-19-18-30(3)36(32,33)25-16-14-24(34-4)15-17-25/h5-9,14-17,22-23,27H,10-13,18-20H2,1-4H3,(H,28,31). The maximum atomic E-state index is 12.7. The maximum absolute atomic E-state index is 12.7. The second-order valence-electron chi connectivity index (χ2n) is 9.55. The molecule has 36 heavy (non-hydrogen) atoms. The van der Waals surface area contributed by atoms with Gasteiger partial charge < -0.3 is 19.7 Å². The van der Waals surface area contributed by atoms with E-state index >= 15 is 0 Å². The number of hydrogen-bond acceptors (Lipinski definition) is 6. The summed E-state index contributed by atoms with van der Waals surface area (Å²) in [5, 5.41) is 3.08. The highest BCUT2D eigenvalue weighted by Gasteiger charge is 2.30. The highest BCUT2D eigenvalue weighted by molar-refractivity contribution is 7.89. The van der Waals surface area contributed by atoms with Crippen LogP contribution in [0.25, 0.3) is 0 Å². The first-order valence-electron chi connectivity index (χ1n) is 12.4. The molecule has 1 fully saturated rings. The summed E-state index contributed by atoms with van der Waals surface area (Å²) in [6, 6.07) is 17.4. The lowest BCUT2D eigenvalue weighted by Gasteiger charge is -2.37. The van der Waals surface area contributed by atoms with Gasteiger partial charge in [-0.2, -0.15) is 4.31 Å². The fourth-order valence-electron chi connectivity index (χ4n) is 4.90. The van der Waals surface area contributed by atoms with Crippen molar-refractivity contribution < 1.29 is 22.7 Å². The Labute approximate surface area is 215 Å². The molecule has 0 saturated heterocycles. The zero-order valence-corrected chi connectivity index (χ0v) is 22.5. The second kappa shape index (κ2) is 13.2. The van der Waals surface area contributed by atoms with E-state index in [-0.39, 0.29) is 36.6 Å². The third-order valence-corrected chi connectivity index (χ3v) is 8.70. The highest BCUT2D eigenvalue weighted by Crippen LogP contribution is 2.37. The summed E-state index contributed by atoms with van der Waals surface area (Å²) in [6.45, 7) is 0.201. The third kappa shape index (κ3) is 7.52. The van der Waals surface area contributed by atoms with Crippen molar-refractivity contribution in [1.29, 1.82) is 0 Å². The smallest absolute Gasteiger partial charge is 0.246 e. The zero-order valence-electron chi connectivity index (χ0n) is 21.7. The van der Waals surface area contributed by atoms with Gasteiger partial charge in [0.2, 0.25) is 15.9 Å². The lowest BCUT2D eigenvalue weighted by atomic mass is 9.78. The molecule has 0 aliphatic heterocycles. The van der Waals surface area contributed by atoms with E-state index in [9.17, 15) is 13.2 Å². The molecule has 1 unspecified atom stereocenters. The minimum atomic E-state index is -3.63. The Bertz CT molecular complexity index is 1050. The fraction of sp³-hybridized carbons (Fsp3) is 0.519. The predicted molar refractivity (Wildman–Crippen MR) is 140 cm³/mol. The first kappa shape index (κ1) is 28.1. The van der Waals surface area contributed by atoms with Crippen LogP contribution in [0.2, 0.25) is 0 Å². The molecule has 0 heterocycles. The number of benzene rings is 2. The van der Waals surface area contributed by atoms with E-state index in [4.69, 9.17) is 9.47 Å². The number of amides is 1. The molecule has 8 nitrogen and oxygen atoms in total. The number of sulfonamides is 1. The quantitative estimate of drug-likeness (QED) is 0.435.